The number of hydrogen-bond donors (Lipinski definition) is 0. The molecular weight excluding hydrogens is 268 g/mol. The number of ether oxygens (including phenoxy) is 1. The van der Waals surface area contributed by atoms with E-state index in [9.17, 15) is 0 Å². The number of alkyl halides is 1. The minimum Gasteiger partial charge on any atom is -0.497 e. The lowest BCUT2D eigenvalue weighted by Crippen LogP contribution is -1.97. The van der Waals surface area contributed by atoms with Gasteiger partial charge in [0.25, 0.3) is 0 Å². The molecule has 106 valence electrons. The quantitative estimate of drug-likeness (QED) is 0.685. The van der Waals surface area contributed by atoms with Gasteiger partial charge in [-0.3, -0.25) is 0 Å². The second-order valence-corrected chi connectivity index (χ2v) is 5.74. The van der Waals surface area contributed by atoms with Crippen molar-refractivity contribution in [3.63, 3.8) is 0 Å². The summed E-state index contributed by atoms with van der Waals surface area (Å²) in [5.41, 5.74) is 5.08. The summed E-state index contributed by atoms with van der Waals surface area (Å²) in [6.45, 7) is 4.23. The van der Waals surface area contributed by atoms with E-state index in [0.29, 0.717) is 0 Å². The third kappa shape index (κ3) is 3.77. The summed E-state index contributed by atoms with van der Waals surface area (Å²) in [6.07, 6.45) is 1.92. The molecule has 0 saturated heterocycles. The first-order chi connectivity index (χ1) is 9.60. The first kappa shape index (κ1) is 14.9. The summed E-state index contributed by atoms with van der Waals surface area (Å²) in [6, 6.07) is 14.7. The molecule has 20 heavy (non-hydrogen) atoms. The topological polar surface area (TPSA) is 9.23 Å². The predicted octanol–water partition coefficient (Wildman–Crippen LogP) is 5.22. The molecule has 1 nitrogen and oxygen atoms in total. The average Bonchev–Trinajstić information content (AvgIpc) is 2.47. The van der Waals surface area contributed by atoms with E-state index in [1.165, 1.54) is 22.3 Å². The normalized spacial score (nSPS) is 12.2. The van der Waals surface area contributed by atoms with Gasteiger partial charge in [0, 0.05) is 0 Å². The Kier molecular flexibility index (Phi) is 5.08. The number of halogens is 1. The Morgan fingerprint density at radius 2 is 1.75 bits per heavy atom. The van der Waals surface area contributed by atoms with E-state index in [4.69, 9.17) is 16.3 Å². The number of methoxy groups -OCH3 is 1. The number of aryl methyl sites for hydroxylation is 3. The SMILES string of the molecule is COc1ccc(CCC(Cl)c2cc(C)ccc2C)cc1. The fourth-order valence-electron chi connectivity index (χ4n) is 2.34. The highest BCUT2D eigenvalue weighted by atomic mass is 35.5. The van der Waals surface area contributed by atoms with Crippen molar-refractivity contribution >= 4 is 11.6 Å². The Morgan fingerprint density at radius 1 is 1.05 bits per heavy atom. The Balaban J connectivity index is 2.00. The van der Waals surface area contributed by atoms with Gasteiger partial charge in [-0.1, -0.05) is 35.9 Å². The van der Waals surface area contributed by atoms with Gasteiger partial charge in [0.15, 0.2) is 0 Å². The van der Waals surface area contributed by atoms with E-state index in [-0.39, 0.29) is 5.38 Å². The summed E-state index contributed by atoms with van der Waals surface area (Å²) in [5.74, 6) is 0.894. The molecule has 1 unspecified atom stereocenters. The second kappa shape index (κ2) is 6.81. The first-order valence-electron chi connectivity index (χ1n) is 6.94. The van der Waals surface area contributed by atoms with Gasteiger partial charge in [0.05, 0.1) is 12.5 Å². The summed E-state index contributed by atoms with van der Waals surface area (Å²) < 4.78 is 5.17. The monoisotopic (exact) mass is 288 g/mol. The summed E-state index contributed by atoms with van der Waals surface area (Å²) in [4.78, 5) is 0. The molecule has 0 saturated carbocycles. The van der Waals surface area contributed by atoms with E-state index in [1.807, 2.05) is 12.1 Å². The highest BCUT2D eigenvalue weighted by molar-refractivity contribution is 6.20. The summed E-state index contributed by atoms with van der Waals surface area (Å²) in [7, 11) is 1.68. The summed E-state index contributed by atoms with van der Waals surface area (Å²) >= 11 is 6.57. The minimum atomic E-state index is 0.0667. The molecule has 1 atom stereocenters. The van der Waals surface area contributed by atoms with Crippen molar-refractivity contribution in [2.75, 3.05) is 7.11 Å². The smallest absolute Gasteiger partial charge is 0.118 e. The van der Waals surface area contributed by atoms with E-state index in [1.54, 1.807) is 7.11 Å². The van der Waals surface area contributed by atoms with Crippen LogP contribution in [-0.4, -0.2) is 7.11 Å². The fraction of sp³-hybridized carbons (Fsp3) is 0.333. The maximum atomic E-state index is 6.57. The maximum absolute atomic E-state index is 6.57. The predicted molar refractivity (Wildman–Crippen MR) is 85.8 cm³/mol. The van der Waals surface area contributed by atoms with Gasteiger partial charge in [-0.2, -0.15) is 0 Å². The van der Waals surface area contributed by atoms with Crippen molar-refractivity contribution in [3.8, 4) is 5.75 Å². The van der Waals surface area contributed by atoms with E-state index < -0.39 is 0 Å². The standard InChI is InChI=1S/C18H21ClO/c1-13-4-5-14(2)17(12-13)18(19)11-8-15-6-9-16(20-3)10-7-15/h4-7,9-10,12,18H,8,11H2,1-3H3. The zero-order valence-electron chi connectivity index (χ0n) is 12.3. The molecule has 0 aromatic heterocycles. The highest BCUT2D eigenvalue weighted by Crippen LogP contribution is 2.29. The molecule has 2 rings (SSSR count). The van der Waals surface area contributed by atoms with Crippen molar-refractivity contribution in [2.45, 2.75) is 32.1 Å². The van der Waals surface area contributed by atoms with Gasteiger partial charge in [-0.15, -0.1) is 11.6 Å². The maximum Gasteiger partial charge on any atom is 0.118 e. The highest BCUT2D eigenvalue weighted by Gasteiger charge is 2.11. The molecule has 0 bridgehead atoms. The molecule has 0 heterocycles. The van der Waals surface area contributed by atoms with Crippen LogP contribution in [0.3, 0.4) is 0 Å². The molecule has 0 spiro atoms. The second-order valence-electron chi connectivity index (χ2n) is 5.21. The molecule has 2 aromatic carbocycles. The molecule has 0 amide bonds. The molecule has 0 radical (unpaired) electrons. The van der Waals surface area contributed by atoms with Crippen LogP contribution in [0.5, 0.6) is 5.75 Å². The van der Waals surface area contributed by atoms with Crippen LogP contribution in [0.25, 0.3) is 0 Å². The van der Waals surface area contributed by atoms with Gasteiger partial charge in [0.1, 0.15) is 5.75 Å². The van der Waals surface area contributed by atoms with Crippen LogP contribution in [0.1, 0.15) is 34.1 Å². The van der Waals surface area contributed by atoms with Gasteiger partial charge < -0.3 is 4.74 Å². The van der Waals surface area contributed by atoms with Crippen LogP contribution >= 0.6 is 11.6 Å². The third-order valence-corrected chi connectivity index (χ3v) is 4.07. The molecule has 2 heteroatoms. The van der Waals surface area contributed by atoms with Crippen LogP contribution in [0.2, 0.25) is 0 Å². The van der Waals surface area contributed by atoms with Crippen LogP contribution in [0, 0.1) is 13.8 Å². The van der Waals surface area contributed by atoms with Crippen molar-refractivity contribution in [2.24, 2.45) is 0 Å². The zero-order valence-corrected chi connectivity index (χ0v) is 13.1. The van der Waals surface area contributed by atoms with Crippen molar-refractivity contribution in [3.05, 3.63) is 64.7 Å². The van der Waals surface area contributed by atoms with Crippen molar-refractivity contribution in [1.82, 2.24) is 0 Å². The number of benzene rings is 2. The lowest BCUT2D eigenvalue weighted by molar-refractivity contribution is 0.414. The molecular formula is C18H21ClO. The lowest BCUT2D eigenvalue weighted by Gasteiger charge is -2.14. The molecule has 2 aromatic rings. The third-order valence-electron chi connectivity index (χ3n) is 3.62. The van der Waals surface area contributed by atoms with Crippen molar-refractivity contribution < 1.29 is 4.74 Å². The molecule has 0 aliphatic carbocycles. The van der Waals surface area contributed by atoms with Crippen LogP contribution in [0.4, 0.5) is 0 Å². The van der Waals surface area contributed by atoms with Crippen LogP contribution in [0.15, 0.2) is 42.5 Å². The van der Waals surface area contributed by atoms with E-state index in [0.717, 1.165) is 18.6 Å². The van der Waals surface area contributed by atoms with Crippen LogP contribution in [-0.2, 0) is 6.42 Å². The fourth-order valence-corrected chi connectivity index (χ4v) is 2.68. The van der Waals surface area contributed by atoms with Gasteiger partial charge >= 0.3 is 0 Å². The number of rotatable bonds is 5. The van der Waals surface area contributed by atoms with Gasteiger partial charge in [0.2, 0.25) is 0 Å². The van der Waals surface area contributed by atoms with Gasteiger partial charge in [-0.25, -0.2) is 0 Å². The molecule has 0 aliphatic heterocycles. The van der Waals surface area contributed by atoms with E-state index >= 15 is 0 Å². The van der Waals surface area contributed by atoms with Crippen molar-refractivity contribution in [1.29, 1.82) is 0 Å². The largest absolute Gasteiger partial charge is 0.497 e. The number of hydrogen-bond acceptors (Lipinski definition) is 1. The van der Waals surface area contributed by atoms with Crippen LogP contribution < -0.4 is 4.74 Å². The Bertz CT molecular complexity index is 560. The molecule has 0 fully saturated rings. The molecule has 0 aliphatic rings. The zero-order chi connectivity index (χ0) is 14.5. The lowest BCUT2D eigenvalue weighted by atomic mass is 9.98. The minimum absolute atomic E-state index is 0.0667. The Labute approximate surface area is 126 Å². The first-order valence-corrected chi connectivity index (χ1v) is 7.38. The van der Waals surface area contributed by atoms with Gasteiger partial charge in [-0.05, 0) is 55.5 Å². The molecule has 0 N–H and O–H groups in total. The summed E-state index contributed by atoms with van der Waals surface area (Å²) in [5, 5.41) is 0.0667. The average molecular weight is 289 g/mol. The Morgan fingerprint density at radius 3 is 2.40 bits per heavy atom. The Hall–Kier alpha value is -1.47. The van der Waals surface area contributed by atoms with E-state index in [2.05, 4.69) is 44.2 Å².